The molecule has 2 heterocycles. The zero-order valence-corrected chi connectivity index (χ0v) is 21.9. The largest absolute Gasteiger partial charge is 0.321 e. The molecular weight excluding hydrogens is 479 g/mol. The Bertz CT molecular complexity index is 1590. The molecule has 0 amide bonds. The number of aromatic amines is 1. The number of H-pyrrole nitrogens is 1. The highest BCUT2D eigenvalue weighted by Gasteiger charge is 2.26. The first kappa shape index (κ1) is 25.5. The van der Waals surface area contributed by atoms with Gasteiger partial charge in [0.15, 0.2) is 5.82 Å². The van der Waals surface area contributed by atoms with Crippen molar-refractivity contribution in [2.24, 2.45) is 0 Å². The van der Waals surface area contributed by atoms with E-state index in [4.69, 9.17) is 0 Å². The minimum absolute atomic E-state index is 0.117. The van der Waals surface area contributed by atoms with Crippen molar-refractivity contribution in [1.82, 2.24) is 30.1 Å². The van der Waals surface area contributed by atoms with Crippen LogP contribution in [0.3, 0.4) is 0 Å². The van der Waals surface area contributed by atoms with Gasteiger partial charge in [-0.05, 0) is 71.1 Å². The Labute approximate surface area is 220 Å². The standard InChI is InChI=1S/C30H31FN6O/c1-4-27(29-33-34-35-37(29)18-22-8-6-5-7-9-22)36(17-23-12-14-25(31)15-13-23)19-24-16-26-20(2)10-11-21(3)28(26)32-30(24)38/h5-16,27H,4,17-19H2,1-3H3,(H,32,38)/t27-/m1/s1. The van der Waals surface area contributed by atoms with Gasteiger partial charge in [-0.15, -0.1) is 5.10 Å². The number of aromatic nitrogens is 5. The van der Waals surface area contributed by atoms with E-state index in [1.807, 2.05) is 61.0 Å². The number of fused-ring (bicyclic) bond motifs is 1. The highest BCUT2D eigenvalue weighted by molar-refractivity contribution is 5.85. The monoisotopic (exact) mass is 510 g/mol. The van der Waals surface area contributed by atoms with Gasteiger partial charge in [-0.2, -0.15) is 0 Å². The predicted molar refractivity (Wildman–Crippen MR) is 146 cm³/mol. The van der Waals surface area contributed by atoms with Crippen molar-refractivity contribution in [1.29, 1.82) is 0 Å². The lowest BCUT2D eigenvalue weighted by Crippen LogP contribution is -2.32. The second-order valence-electron chi connectivity index (χ2n) is 9.75. The lowest BCUT2D eigenvalue weighted by atomic mass is 10.0. The molecule has 0 fully saturated rings. The first-order valence-electron chi connectivity index (χ1n) is 12.8. The van der Waals surface area contributed by atoms with E-state index in [2.05, 4.69) is 38.4 Å². The third-order valence-electron chi connectivity index (χ3n) is 7.05. The van der Waals surface area contributed by atoms with Crippen molar-refractivity contribution in [3.8, 4) is 0 Å². The van der Waals surface area contributed by atoms with E-state index in [0.29, 0.717) is 25.2 Å². The molecule has 0 bridgehead atoms. The summed E-state index contributed by atoms with van der Waals surface area (Å²) in [6.07, 6.45) is 0.722. The molecule has 3 aromatic carbocycles. The molecule has 0 saturated carbocycles. The van der Waals surface area contributed by atoms with Crippen molar-refractivity contribution >= 4 is 10.9 Å². The molecule has 7 nitrogen and oxygen atoms in total. The zero-order valence-electron chi connectivity index (χ0n) is 21.9. The van der Waals surface area contributed by atoms with Crippen LogP contribution in [0.15, 0.2) is 77.6 Å². The summed E-state index contributed by atoms with van der Waals surface area (Å²) in [7, 11) is 0. The summed E-state index contributed by atoms with van der Waals surface area (Å²) in [4.78, 5) is 18.6. The minimum Gasteiger partial charge on any atom is -0.321 e. The molecule has 0 spiro atoms. The van der Waals surface area contributed by atoms with Crippen LogP contribution < -0.4 is 5.56 Å². The van der Waals surface area contributed by atoms with Gasteiger partial charge in [-0.25, -0.2) is 9.07 Å². The smallest absolute Gasteiger partial charge is 0.252 e. The number of aryl methyl sites for hydroxylation is 2. The highest BCUT2D eigenvalue weighted by atomic mass is 19.1. The van der Waals surface area contributed by atoms with E-state index < -0.39 is 0 Å². The third kappa shape index (κ3) is 5.40. The van der Waals surface area contributed by atoms with Crippen molar-refractivity contribution in [2.75, 3.05) is 0 Å². The van der Waals surface area contributed by atoms with Crippen LogP contribution in [0.1, 0.15) is 53.0 Å². The topological polar surface area (TPSA) is 79.7 Å². The van der Waals surface area contributed by atoms with Crippen molar-refractivity contribution in [3.05, 3.63) is 123 Å². The molecule has 1 N–H and O–H groups in total. The molecule has 0 aliphatic rings. The average Bonchev–Trinajstić information content (AvgIpc) is 3.37. The van der Waals surface area contributed by atoms with E-state index in [0.717, 1.165) is 45.4 Å². The van der Waals surface area contributed by atoms with E-state index in [1.54, 1.807) is 12.1 Å². The number of nitrogens with one attached hydrogen (secondary N) is 1. The van der Waals surface area contributed by atoms with Gasteiger partial charge < -0.3 is 4.98 Å². The Morgan fingerprint density at radius 2 is 1.68 bits per heavy atom. The maximum atomic E-state index is 13.7. The van der Waals surface area contributed by atoms with Crippen molar-refractivity contribution < 1.29 is 4.39 Å². The van der Waals surface area contributed by atoms with Gasteiger partial charge in [-0.1, -0.05) is 61.5 Å². The zero-order chi connectivity index (χ0) is 26.6. The number of hydrogen-bond donors (Lipinski definition) is 1. The summed E-state index contributed by atoms with van der Waals surface area (Å²) in [5.41, 5.74) is 5.58. The Balaban J connectivity index is 1.54. The summed E-state index contributed by atoms with van der Waals surface area (Å²) in [5.74, 6) is 0.443. The van der Waals surface area contributed by atoms with Crippen LogP contribution in [0, 0.1) is 19.7 Å². The summed E-state index contributed by atoms with van der Waals surface area (Å²) in [5, 5.41) is 13.7. The lowest BCUT2D eigenvalue weighted by Gasteiger charge is -2.30. The molecule has 8 heteroatoms. The van der Waals surface area contributed by atoms with Crippen molar-refractivity contribution in [3.63, 3.8) is 0 Å². The fourth-order valence-electron chi connectivity index (χ4n) is 4.98. The van der Waals surface area contributed by atoms with Gasteiger partial charge in [0, 0.05) is 24.0 Å². The van der Waals surface area contributed by atoms with Crippen molar-refractivity contribution in [2.45, 2.75) is 52.9 Å². The predicted octanol–water partition coefficient (Wildman–Crippen LogP) is 5.47. The molecule has 194 valence electrons. The molecule has 5 aromatic rings. The van der Waals surface area contributed by atoms with Crippen LogP contribution in [-0.4, -0.2) is 30.1 Å². The number of benzene rings is 3. The first-order chi connectivity index (χ1) is 18.4. The van der Waals surface area contributed by atoms with E-state index in [9.17, 15) is 9.18 Å². The fourth-order valence-corrected chi connectivity index (χ4v) is 4.98. The van der Waals surface area contributed by atoms with Crippen LogP contribution in [0.4, 0.5) is 4.39 Å². The number of halogens is 1. The number of tetrazole rings is 1. The minimum atomic E-state index is -0.282. The second kappa shape index (κ2) is 11.1. The van der Waals surface area contributed by atoms with Crippen LogP contribution in [-0.2, 0) is 19.6 Å². The molecule has 0 saturated heterocycles. The summed E-state index contributed by atoms with van der Waals surface area (Å²) < 4.78 is 15.5. The molecule has 0 aliphatic carbocycles. The summed E-state index contributed by atoms with van der Waals surface area (Å²) in [6.45, 7) is 7.56. The molecule has 5 rings (SSSR count). The van der Waals surface area contributed by atoms with E-state index in [-0.39, 0.29) is 17.4 Å². The van der Waals surface area contributed by atoms with Crippen LogP contribution in [0.25, 0.3) is 10.9 Å². The Morgan fingerprint density at radius 1 is 0.947 bits per heavy atom. The average molecular weight is 511 g/mol. The number of hydrogen-bond acceptors (Lipinski definition) is 5. The number of nitrogens with zero attached hydrogens (tertiary/aromatic N) is 5. The van der Waals surface area contributed by atoms with Gasteiger partial charge in [-0.3, -0.25) is 9.69 Å². The van der Waals surface area contributed by atoms with Gasteiger partial charge in [0.05, 0.1) is 18.1 Å². The van der Waals surface area contributed by atoms with Crippen LogP contribution >= 0.6 is 0 Å². The third-order valence-corrected chi connectivity index (χ3v) is 7.05. The SMILES string of the molecule is CC[C@H](c1nnnn1Cc1ccccc1)N(Cc1ccc(F)cc1)Cc1cc2c(C)ccc(C)c2[nH]c1=O. The van der Waals surface area contributed by atoms with Crippen LogP contribution in [0.5, 0.6) is 0 Å². The Kier molecular flexibility index (Phi) is 7.42. The maximum Gasteiger partial charge on any atom is 0.252 e. The highest BCUT2D eigenvalue weighted by Crippen LogP contribution is 2.28. The fraction of sp³-hybridized carbons (Fsp3) is 0.267. The van der Waals surface area contributed by atoms with E-state index in [1.165, 1.54) is 12.1 Å². The van der Waals surface area contributed by atoms with Gasteiger partial charge in [0.2, 0.25) is 0 Å². The summed E-state index contributed by atoms with van der Waals surface area (Å²) in [6, 6.07) is 22.4. The van der Waals surface area contributed by atoms with Crippen LogP contribution in [0.2, 0.25) is 0 Å². The Hall–Kier alpha value is -4.17. The molecule has 0 aliphatic heterocycles. The molecule has 1 atom stereocenters. The molecule has 0 unspecified atom stereocenters. The molecule has 38 heavy (non-hydrogen) atoms. The molecule has 0 radical (unpaired) electrons. The quantitative estimate of drug-likeness (QED) is 0.284. The molecule has 2 aromatic heterocycles. The number of pyridine rings is 1. The van der Waals surface area contributed by atoms with E-state index >= 15 is 0 Å². The number of rotatable bonds is 9. The maximum absolute atomic E-state index is 13.7. The summed E-state index contributed by atoms with van der Waals surface area (Å²) >= 11 is 0. The van der Waals surface area contributed by atoms with Gasteiger partial charge >= 0.3 is 0 Å². The first-order valence-corrected chi connectivity index (χ1v) is 12.8. The Morgan fingerprint density at radius 3 is 2.42 bits per heavy atom. The normalized spacial score (nSPS) is 12.3. The van der Waals surface area contributed by atoms with Gasteiger partial charge in [0.1, 0.15) is 5.82 Å². The lowest BCUT2D eigenvalue weighted by molar-refractivity contribution is 0.161. The second-order valence-corrected chi connectivity index (χ2v) is 9.75. The van der Waals surface area contributed by atoms with Gasteiger partial charge in [0.25, 0.3) is 5.56 Å². The molecular formula is C30H31FN6O.